The number of nitrogens with one attached hydrogen (secondary N) is 1. The van der Waals surface area contributed by atoms with Gasteiger partial charge in [0.15, 0.2) is 0 Å². The maximum atomic E-state index is 12.3. The summed E-state index contributed by atoms with van der Waals surface area (Å²) in [5.41, 5.74) is 0. The van der Waals surface area contributed by atoms with Gasteiger partial charge in [0.1, 0.15) is 23.6 Å². The summed E-state index contributed by atoms with van der Waals surface area (Å²) in [4.78, 5) is 25.9. The highest BCUT2D eigenvalue weighted by Gasteiger charge is 2.40. The van der Waals surface area contributed by atoms with Gasteiger partial charge in [-0.1, -0.05) is 13.8 Å². The molecular formula is C14H20N2O3. The van der Waals surface area contributed by atoms with Gasteiger partial charge in [-0.05, 0) is 31.9 Å². The summed E-state index contributed by atoms with van der Waals surface area (Å²) >= 11 is 0. The second-order valence-corrected chi connectivity index (χ2v) is 5.40. The Kier molecular flexibility index (Phi) is 3.64. The summed E-state index contributed by atoms with van der Waals surface area (Å²) in [6.07, 6.45) is 0. The van der Waals surface area contributed by atoms with Gasteiger partial charge in [0.2, 0.25) is 11.8 Å². The SMILES string of the molecule is Cc1ccc(CN2C(=O)C(C)NC(=O)C2C(C)C)o1. The summed E-state index contributed by atoms with van der Waals surface area (Å²) in [5, 5.41) is 2.72. The monoisotopic (exact) mass is 264 g/mol. The first kappa shape index (κ1) is 13.6. The molecule has 19 heavy (non-hydrogen) atoms. The molecule has 1 aliphatic rings. The van der Waals surface area contributed by atoms with Gasteiger partial charge in [-0.2, -0.15) is 0 Å². The quantitative estimate of drug-likeness (QED) is 0.899. The van der Waals surface area contributed by atoms with E-state index in [-0.39, 0.29) is 17.7 Å². The molecule has 5 nitrogen and oxygen atoms in total. The summed E-state index contributed by atoms with van der Waals surface area (Å²) in [6, 6.07) is 2.79. The molecule has 1 aliphatic heterocycles. The topological polar surface area (TPSA) is 62.6 Å². The van der Waals surface area contributed by atoms with E-state index in [1.54, 1.807) is 11.8 Å². The third-order valence-electron chi connectivity index (χ3n) is 3.37. The molecule has 1 aromatic rings. The van der Waals surface area contributed by atoms with Gasteiger partial charge >= 0.3 is 0 Å². The fourth-order valence-corrected chi connectivity index (χ4v) is 2.46. The van der Waals surface area contributed by atoms with Crippen molar-refractivity contribution < 1.29 is 14.0 Å². The molecule has 2 unspecified atom stereocenters. The van der Waals surface area contributed by atoms with Crippen LogP contribution >= 0.6 is 0 Å². The van der Waals surface area contributed by atoms with Crippen LogP contribution in [-0.2, 0) is 16.1 Å². The minimum absolute atomic E-state index is 0.0625. The molecule has 104 valence electrons. The molecule has 1 N–H and O–H groups in total. The Morgan fingerprint density at radius 3 is 2.58 bits per heavy atom. The van der Waals surface area contributed by atoms with E-state index < -0.39 is 12.1 Å². The first-order chi connectivity index (χ1) is 8.90. The van der Waals surface area contributed by atoms with Gasteiger partial charge < -0.3 is 14.6 Å². The largest absolute Gasteiger partial charge is 0.464 e. The number of rotatable bonds is 3. The molecular weight excluding hydrogens is 244 g/mol. The van der Waals surface area contributed by atoms with Crippen LogP contribution in [0.25, 0.3) is 0 Å². The van der Waals surface area contributed by atoms with Gasteiger partial charge in [-0.15, -0.1) is 0 Å². The molecule has 1 fully saturated rings. The Hall–Kier alpha value is -1.78. The zero-order valence-electron chi connectivity index (χ0n) is 11.8. The Balaban J connectivity index is 2.25. The molecule has 0 aliphatic carbocycles. The Morgan fingerprint density at radius 1 is 1.37 bits per heavy atom. The zero-order chi connectivity index (χ0) is 14.2. The lowest BCUT2D eigenvalue weighted by atomic mass is 9.97. The predicted molar refractivity (Wildman–Crippen MR) is 70.2 cm³/mol. The maximum Gasteiger partial charge on any atom is 0.245 e. The maximum absolute atomic E-state index is 12.3. The second-order valence-electron chi connectivity index (χ2n) is 5.40. The van der Waals surface area contributed by atoms with Gasteiger partial charge in [-0.3, -0.25) is 9.59 Å². The van der Waals surface area contributed by atoms with Gasteiger partial charge in [0.25, 0.3) is 0 Å². The van der Waals surface area contributed by atoms with Crippen molar-refractivity contribution in [3.63, 3.8) is 0 Å². The Morgan fingerprint density at radius 2 is 2.05 bits per heavy atom. The smallest absolute Gasteiger partial charge is 0.245 e. The minimum atomic E-state index is -0.474. The number of hydrogen-bond donors (Lipinski definition) is 1. The number of carbonyl (C=O) groups is 2. The zero-order valence-corrected chi connectivity index (χ0v) is 11.8. The summed E-state index contributed by atoms with van der Waals surface area (Å²) in [6.45, 7) is 7.78. The van der Waals surface area contributed by atoms with Crippen LogP contribution in [0.5, 0.6) is 0 Å². The van der Waals surface area contributed by atoms with E-state index in [4.69, 9.17) is 4.42 Å². The van der Waals surface area contributed by atoms with Crippen molar-refractivity contribution in [2.24, 2.45) is 5.92 Å². The standard InChI is InChI=1S/C14H20N2O3/c1-8(2)12-13(17)15-10(4)14(18)16(12)7-11-6-5-9(3)19-11/h5-6,8,10,12H,7H2,1-4H3,(H,15,17). The van der Waals surface area contributed by atoms with E-state index in [9.17, 15) is 9.59 Å². The van der Waals surface area contributed by atoms with Crippen LogP contribution in [0, 0.1) is 12.8 Å². The molecule has 2 rings (SSSR count). The van der Waals surface area contributed by atoms with Crippen molar-refractivity contribution in [2.75, 3.05) is 0 Å². The number of furan rings is 1. The van der Waals surface area contributed by atoms with Crippen molar-refractivity contribution in [3.05, 3.63) is 23.7 Å². The molecule has 0 radical (unpaired) electrons. The van der Waals surface area contributed by atoms with Crippen LogP contribution in [0.2, 0.25) is 0 Å². The van der Waals surface area contributed by atoms with Crippen molar-refractivity contribution in [2.45, 2.75) is 46.3 Å². The van der Waals surface area contributed by atoms with Crippen molar-refractivity contribution in [1.29, 1.82) is 0 Å². The molecule has 1 saturated heterocycles. The number of hydrogen-bond acceptors (Lipinski definition) is 3. The van der Waals surface area contributed by atoms with Gasteiger partial charge in [0.05, 0.1) is 6.54 Å². The Labute approximate surface area is 113 Å². The minimum Gasteiger partial charge on any atom is -0.464 e. The van der Waals surface area contributed by atoms with E-state index in [0.29, 0.717) is 12.3 Å². The van der Waals surface area contributed by atoms with Gasteiger partial charge in [-0.25, -0.2) is 0 Å². The predicted octanol–water partition coefficient (Wildman–Crippen LogP) is 1.46. The van der Waals surface area contributed by atoms with E-state index in [1.807, 2.05) is 32.9 Å². The highest BCUT2D eigenvalue weighted by molar-refractivity contribution is 5.96. The lowest BCUT2D eigenvalue weighted by Crippen LogP contribution is -2.63. The highest BCUT2D eigenvalue weighted by atomic mass is 16.3. The number of aryl methyl sites for hydroxylation is 1. The van der Waals surface area contributed by atoms with E-state index in [2.05, 4.69) is 5.32 Å². The average Bonchev–Trinajstić information content (AvgIpc) is 2.71. The van der Waals surface area contributed by atoms with Crippen LogP contribution in [0.4, 0.5) is 0 Å². The van der Waals surface area contributed by atoms with Crippen molar-refractivity contribution >= 4 is 11.8 Å². The molecule has 0 saturated carbocycles. The molecule has 2 heterocycles. The highest BCUT2D eigenvalue weighted by Crippen LogP contribution is 2.21. The van der Waals surface area contributed by atoms with Crippen LogP contribution < -0.4 is 5.32 Å². The normalized spacial score (nSPS) is 23.9. The molecule has 0 bridgehead atoms. The summed E-state index contributed by atoms with van der Waals surface area (Å²) in [7, 11) is 0. The lowest BCUT2D eigenvalue weighted by molar-refractivity contribution is -0.151. The second kappa shape index (κ2) is 5.07. The first-order valence-electron chi connectivity index (χ1n) is 6.56. The molecule has 1 aromatic heterocycles. The Bertz CT molecular complexity index is 493. The van der Waals surface area contributed by atoms with Crippen LogP contribution in [0.15, 0.2) is 16.5 Å². The lowest BCUT2D eigenvalue weighted by Gasteiger charge is -2.39. The van der Waals surface area contributed by atoms with Crippen molar-refractivity contribution in [1.82, 2.24) is 10.2 Å². The third kappa shape index (κ3) is 2.64. The van der Waals surface area contributed by atoms with Gasteiger partial charge in [0, 0.05) is 0 Å². The van der Waals surface area contributed by atoms with Crippen LogP contribution in [0.1, 0.15) is 32.3 Å². The molecule has 2 atom stereocenters. The fourth-order valence-electron chi connectivity index (χ4n) is 2.46. The summed E-state index contributed by atoms with van der Waals surface area (Å²) < 4.78 is 5.51. The van der Waals surface area contributed by atoms with E-state index in [1.165, 1.54) is 0 Å². The molecule has 0 aromatic carbocycles. The average molecular weight is 264 g/mol. The molecule has 2 amide bonds. The number of piperazine rings is 1. The number of carbonyl (C=O) groups excluding carboxylic acids is 2. The summed E-state index contributed by atoms with van der Waals surface area (Å²) in [5.74, 6) is 1.42. The third-order valence-corrected chi connectivity index (χ3v) is 3.37. The van der Waals surface area contributed by atoms with E-state index >= 15 is 0 Å². The fraction of sp³-hybridized carbons (Fsp3) is 0.571. The van der Waals surface area contributed by atoms with Crippen molar-refractivity contribution in [3.8, 4) is 0 Å². The van der Waals surface area contributed by atoms with Crippen LogP contribution in [-0.4, -0.2) is 28.8 Å². The first-order valence-corrected chi connectivity index (χ1v) is 6.56. The number of nitrogens with zero attached hydrogens (tertiary/aromatic N) is 1. The molecule has 5 heteroatoms. The molecule has 0 spiro atoms. The number of amides is 2. The van der Waals surface area contributed by atoms with E-state index in [0.717, 1.165) is 5.76 Å². The van der Waals surface area contributed by atoms with Crippen LogP contribution in [0.3, 0.4) is 0 Å².